The zero-order valence-electron chi connectivity index (χ0n) is 13.2. The number of nitrogens with zero attached hydrogens (tertiary/aromatic N) is 1. The third-order valence-corrected chi connectivity index (χ3v) is 3.95. The van der Waals surface area contributed by atoms with Gasteiger partial charge in [0, 0.05) is 19.0 Å². The van der Waals surface area contributed by atoms with E-state index >= 15 is 0 Å². The maximum Gasteiger partial charge on any atom is 0.327 e. The van der Waals surface area contributed by atoms with E-state index in [9.17, 15) is 18.4 Å². The standard InChI is InChI=1S/C16H21NO5S/c1-12-6-9-15(14(11-12)8-7-13(2)18)17(23(21)22)10-4-3-5-16(19)20/h3,5-6,9,11H,4,7-8,10H2,1-2H3,(H,19,20)(H,21,22)/b5-3+. The van der Waals surface area contributed by atoms with Crippen molar-refractivity contribution in [2.75, 3.05) is 10.8 Å². The summed E-state index contributed by atoms with van der Waals surface area (Å²) in [7, 11) is 0. The van der Waals surface area contributed by atoms with Gasteiger partial charge in [-0.15, -0.1) is 0 Å². The van der Waals surface area contributed by atoms with Gasteiger partial charge in [0.05, 0.1) is 5.69 Å². The molecule has 0 saturated carbocycles. The molecule has 0 heterocycles. The first-order valence-electron chi connectivity index (χ1n) is 7.18. The summed E-state index contributed by atoms with van der Waals surface area (Å²) in [6.07, 6.45) is 3.61. The molecule has 23 heavy (non-hydrogen) atoms. The highest BCUT2D eigenvalue weighted by atomic mass is 32.2. The zero-order chi connectivity index (χ0) is 17.4. The lowest BCUT2D eigenvalue weighted by Crippen LogP contribution is -2.27. The van der Waals surface area contributed by atoms with E-state index in [1.165, 1.54) is 17.3 Å². The highest BCUT2D eigenvalue weighted by Crippen LogP contribution is 2.25. The van der Waals surface area contributed by atoms with Gasteiger partial charge in [0.2, 0.25) is 0 Å². The fourth-order valence-corrected chi connectivity index (χ4v) is 2.74. The van der Waals surface area contributed by atoms with Gasteiger partial charge in [-0.1, -0.05) is 23.8 Å². The summed E-state index contributed by atoms with van der Waals surface area (Å²) in [6, 6.07) is 5.48. The predicted molar refractivity (Wildman–Crippen MR) is 89.7 cm³/mol. The SMILES string of the molecule is CC(=O)CCc1cc(C)ccc1N(CC/C=C/C(=O)O)S(=O)O. The molecule has 0 fully saturated rings. The first-order chi connectivity index (χ1) is 10.8. The smallest absolute Gasteiger partial charge is 0.327 e. The molecule has 1 rings (SSSR count). The van der Waals surface area contributed by atoms with E-state index in [0.717, 1.165) is 17.2 Å². The summed E-state index contributed by atoms with van der Waals surface area (Å²) in [5, 5.41) is 8.56. The average Bonchev–Trinajstić information content (AvgIpc) is 2.45. The van der Waals surface area contributed by atoms with Crippen LogP contribution in [0.2, 0.25) is 0 Å². The van der Waals surface area contributed by atoms with E-state index in [0.29, 0.717) is 24.9 Å². The number of anilines is 1. The van der Waals surface area contributed by atoms with Crippen molar-refractivity contribution in [2.24, 2.45) is 0 Å². The molecule has 126 valence electrons. The van der Waals surface area contributed by atoms with Crippen molar-refractivity contribution in [3.8, 4) is 0 Å². The fraction of sp³-hybridized carbons (Fsp3) is 0.375. The van der Waals surface area contributed by atoms with Crippen LogP contribution in [0.1, 0.15) is 30.9 Å². The van der Waals surface area contributed by atoms with Crippen molar-refractivity contribution in [2.45, 2.75) is 33.1 Å². The van der Waals surface area contributed by atoms with Crippen LogP contribution in [0.25, 0.3) is 0 Å². The minimum Gasteiger partial charge on any atom is -0.478 e. The van der Waals surface area contributed by atoms with E-state index in [2.05, 4.69) is 0 Å². The first-order valence-corrected chi connectivity index (χ1v) is 8.24. The molecule has 2 N–H and O–H groups in total. The number of carboxylic acid groups (broad SMARTS) is 1. The van der Waals surface area contributed by atoms with Crippen molar-refractivity contribution < 1.29 is 23.5 Å². The Bertz CT molecular complexity index is 627. The maximum absolute atomic E-state index is 11.6. The van der Waals surface area contributed by atoms with Gasteiger partial charge >= 0.3 is 5.97 Å². The highest BCUT2D eigenvalue weighted by molar-refractivity contribution is 7.80. The molecule has 0 radical (unpaired) electrons. The van der Waals surface area contributed by atoms with Gasteiger partial charge in [-0.2, -0.15) is 0 Å². The Kier molecular flexibility index (Phi) is 7.64. The van der Waals surface area contributed by atoms with Gasteiger partial charge in [-0.25, -0.2) is 9.00 Å². The van der Waals surface area contributed by atoms with Crippen LogP contribution in [0.4, 0.5) is 5.69 Å². The Labute approximate surface area is 138 Å². The van der Waals surface area contributed by atoms with Crippen molar-refractivity contribution in [1.82, 2.24) is 0 Å². The number of hydrogen-bond donors (Lipinski definition) is 2. The topological polar surface area (TPSA) is 94.9 Å². The van der Waals surface area contributed by atoms with E-state index in [1.807, 2.05) is 19.1 Å². The summed E-state index contributed by atoms with van der Waals surface area (Å²) >= 11 is -2.23. The molecule has 1 unspecified atom stereocenters. The monoisotopic (exact) mass is 339 g/mol. The number of carbonyl (C=O) groups is 2. The van der Waals surface area contributed by atoms with Crippen LogP contribution >= 0.6 is 0 Å². The van der Waals surface area contributed by atoms with Crippen LogP contribution in [-0.4, -0.2) is 32.2 Å². The molecule has 0 amide bonds. The molecule has 0 aromatic heterocycles. The number of rotatable bonds is 9. The van der Waals surface area contributed by atoms with Crippen molar-refractivity contribution in [3.63, 3.8) is 0 Å². The quantitative estimate of drug-likeness (QED) is 0.532. The van der Waals surface area contributed by atoms with Crippen LogP contribution in [-0.2, 0) is 27.3 Å². The number of benzene rings is 1. The molecule has 1 atom stereocenters. The lowest BCUT2D eigenvalue weighted by molar-refractivity contribution is -0.131. The van der Waals surface area contributed by atoms with E-state index < -0.39 is 17.2 Å². The van der Waals surface area contributed by atoms with E-state index in [4.69, 9.17) is 5.11 Å². The number of Topliss-reactive ketones (excluding diaryl/α,β-unsaturated/α-hetero) is 1. The summed E-state index contributed by atoms with van der Waals surface area (Å²) < 4.78 is 22.5. The molecule has 1 aromatic carbocycles. The molecule has 7 heteroatoms. The number of hydrogen-bond acceptors (Lipinski definition) is 3. The largest absolute Gasteiger partial charge is 0.478 e. The summed E-state index contributed by atoms with van der Waals surface area (Å²) in [4.78, 5) is 21.7. The first kappa shape index (κ1) is 19.1. The Hall–Kier alpha value is -1.99. The molecular formula is C16H21NO5S. The van der Waals surface area contributed by atoms with Crippen LogP contribution in [0, 0.1) is 6.92 Å². The Morgan fingerprint density at radius 3 is 2.61 bits per heavy atom. The van der Waals surface area contributed by atoms with E-state index in [-0.39, 0.29) is 12.3 Å². The second-order valence-corrected chi connectivity index (χ2v) is 6.10. The van der Waals surface area contributed by atoms with Gasteiger partial charge in [0.25, 0.3) is 11.3 Å². The van der Waals surface area contributed by atoms with Crippen LogP contribution in [0.5, 0.6) is 0 Å². The summed E-state index contributed by atoms with van der Waals surface area (Å²) in [5.74, 6) is -1.00. The van der Waals surface area contributed by atoms with Gasteiger partial charge in [-0.05, 0) is 38.3 Å². The summed E-state index contributed by atoms with van der Waals surface area (Å²) in [6.45, 7) is 3.62. The molecule has 0 bridgehead atoms. The second-order valence-electron chi connectivity index (χ2n) is 5.20. The summed E-state index contributed by atoms with van der Waals surface area (Å²) in [5.41, 5.74) is 2.41. The number of aryl methyl sites for hydroxylation is 2. The lowest BCUT2D eigenvalue weighted by atomic mass is 10.0. The highest BCUT2D eigenvalue weighted by Gasteiger charge is 2.16. The van der Waals surface area contributed by atoms with Crippen molar-refractivity contribution in [1.29, 1.82) is 0 Å². The Morgan fingerprint density at radius 2 is 2.04 bits per heavy atom. The number of carboxylic acids is 1. The Balaban J connectivity index is 2.99. The lowest BCUT2D eigenvalue weighted by Gasteiger charge is -2.22. The van der Waals surface area contributed by atoms with Gasteiger partial charge in [0.15, 0.2) is 0 Å². The molecule has 6 nitrogen and oxygen atoms in total. The van der Waals surface area contributed by atoms with Crippen LogP contribution in [0.15, 0.2) is 30.4 Å². The van der Waals surface area contributed by atoms with Gasteiger partial charge in [-0.3, -0.25) is 8.86 Å². The maximum atomic E-state index is 11.6. The minimum absolute atomic E-state index is 0.0542. The average molecular weight is 339 g/mol. The normalized spacial score (nSPS) is 12.3. The van der Waals surface area contributed by atoms with Gasteiger partial charge in [0.1, 0.15) is 5.78 Å². The molecular weight excluding hydrogens is 318 g/mol. The van der Waals surface area contributed by atoms with Crippen molar-refractivity contribution >= 4 is 28.7 Å². The zero-order valence-corrected chi connectivity index (χ0v) is 14.0. The molecule has 1 aromatic rings. The van der Waals surface area contributed by atoms with Crippen LogP contribution in [0.3, 0.4) is 0 Å². The number of ketones is 1. The Morgan fingerprint density at radius 1 is 1.35 bits per heavy atom. The van der Waals surface area contributed by atoms with Crippen molar-refractivity contribution in [3.05, 3.63) is 41.5 Å². The molecule has 0 aliphatic carbocycles. The second kappa shape index (κ2) is 9.22. The minimum atomic E-state index is -2.23. The molecule has 0 aliphatic rings. The van der Waals surface area contributed by atoms with Crippen LogP contribution < -0.4 is 4.31 Å². The third kappa shape index (κ3) is 6.75. The molecule has 0 saturated heterocycles. The number of aliphatic carboxylic acids is 1. The predicted octanol–water partition coefficient (Wildman–Crippen LogP) is 2.49. The fourth-order valence-electron chi connectivity index (χ4n) is 2.13. The van der Waals surface area contributed by atoms with Gasteiger partial charge < -0.3 is 9.90 Å². The third-order valence-electron chi connectivity index (χ3n) is 3.20. The molecule has 0 aliphatic heterocycles. The van der Waals surface area contributed by atoms with E-state index in [1.54, 1.807) is 6.07 Å². The molecule has 0 spiro atoms. The number of carbonyl (C=O) groups excluding carboxylic acids is 1.